The highest BCUT2D eigenvalue weighted by molar-refractivity contribution is 7.92. The molecule has 0 saturated heterocycles. The Morgan fingerprint density at radius 1 is 1.07 bits per heavy atom. The minimum Gasteiger partial charge on any atom is -0.462 e. The Morgan fingerprint density at radius 2 is 1.67 bits per heavy atom. The molecule has 0 bridgehead atoms. The molecule has 0 aliphatic rings. The molecule has 1 amide bonds. The Kier molecular flexibility index (Phi) is 6.57. The van der Waals surface area contributed by atoms with Crippen LogP contribution in [-0.4, -0.2) is 39.2 Å². The van der Waals surface area contributed by atoms with Crippen LogP contribution in [0.2, 0.25) is 0 Å². The Labute approximate surface area is 159 Å². The molecule has 0 fully saturated rings. The molecule has 0 aliphatic carbocycles. The molecule has 0 aromatic heterocycles. The second-order valence-electron chi connectivity index (χ2n) is 5.86. The fraction of sp³-hybridized carbons (Fsp3) is 0.263. The molecule has 144 valence electrons. The van der Waals surface area contributed by atoms with Crippen LogP contribution in [0.25, 0.3) is 0 Å². The van der Waals surface area contributed by atoms with Crippen molar-refractivity contribution >= 4 is 33.3 Å². The molecular formula is C19H22N2O5S. The maximum atomic E-state index is 12.6. The molecule has 2 aromatic carbocycles. The van der Waals surface area contributed by atoms with E-state index in [0.717, 1.165) is 10.6 Å². The standard InChI is InChI=1S/C19H22N2O5S/c1-4-26-19(23)15-10-12-16(13-11-15)20-18(22)14(2)21(27(3,24)25)17-8-6-5-7-9-17/h5-14H,4H2,1-3H3,(H,20,22)/t14-/m1/s1. The average molecular weight is 390 g/mol. The Hall–Kier alpha value is -2.87. The maximum Gasteiger partial charge on any atom is 0.338 e. The van der Waals surface area contributed by atoms with E-state index in [9.17, 15) is 18.0 Å². The van der Waals surface area contributed by atoms with Gasteiger partial charge in [0.1, 0.15) is 6.04 Å². The summed E-state index contributed by atoms with van der Waals surface area (Å²) < 4.78 is 30.4. The predicted molar refractivity (Wildman–Crippen MR) is 104 cm³/mol. The quantitative estimate of drug-likeness (QED) is 0.734. The molecule has 2 aromatic rings. The second-order valence-corrected chi connectivity index (χ2v) is 7.72. The molecule has 2 rings (SSSR count). The third-order valence-electron chi connectivity index (χ3n) is 3.76. The van der Waals surface area contributed by atoms with E-state index in [4.69, 9.17) is 4.74 Å². The van der Waals surface area contributed by atoms with Gasteiger partial charge in [0.05, 0.1) is 24.1 Å². The summed E-state index contributed by atoms with van der Waals surface area (Å²) in [5.74, 6) is -0.941. The average Bonchev–Trinajstić information content (AvgIpc) is 2.62. The van der Waals surface area contributed by atoms with Crippen LogP contribution in [0.5, 0.6) is 0 Å². The summed E-state index contributed by atoms with van der Waals surface area (Å²) in [6.07, 6.45) is 1.05. The largest absolute Gasteiger partial charge is 0.462 e. The number of carbonyl (C=O) groups is 2. The molecular weight excluding hydrogens is 368 g/mol. The summed E-state index contributed by atoms with van der Waals surface area (Å²) in [6, 6.07) is 13.6. The number of amides is 1. The SMILES string of the molecule is CCOC(=O)c1ccc(NC(=O)[C@@H](C)N(c2ccccc2)S(C)(=O)=O)cc1. The number of hydrogen-bond acceptors (Lipinski definition) is 5. The van der Waals surface area contributed by atoms with Crippen molar-refractivity contribution < 1.29 is 22.7 Å². The van der Waals surface area contributed by atoms with E-state index in [0.29, 0.717) is 16.9 Å². The number of hydrogen-bond donors (Lipinski definition) is 1. The Morgan fingerprint density at radius 3 is 2.19 bits per heavy atom. The van der Waals surface area contributed by atoms with Crippen LogP contribution in [0.15, 0.2) is 54.6 Å². The van der Waals surface area contributed by atoms with Crippen molar-refractivity contribution in [2.24, 2.45) is 0 Å². The number of nitrogens with one attached hydrogen (secondary N) is 1. The van der Waals surface area contributed by atoms with Gasteiger partial charge in [-0.1, -0.05) is 18.2 Å². The van der Waals surface area contributed by atoms with E-state index < -0.39 is 27.9 Å². The zero-order valence-corrected chi connectivity index (χ0v) is 16.2. The highest BCUT2D eigenvalue weighted by atomic mass is 32.2. The summed E-state index contributed by atoms with van der Waals surface area (Å²) in [5, 5.41) is 2.66. The topological polar surface area (TPSA) is 92.8 Å². The van der Waals surface area contributed by atoms with Crippen LogP contribution in [0.3, 0.4) is 0 Å². The minimum absolute atomic E-state index is 0.273. The van der Waals surface area contributed by atoms with Gasteiger partial charge in [-0.25, -0.2) is 13.2 Å². The van der Waals surface area contributed by atoms with E-state index in [1.165, 1.54) is 19.1 Å². The third-order valence-corrected chi connectivity index (χ3v) is 5.00. The van der Waals surface area contributed by atoms with Gasteiger partial charge < -0.3 is 10.1 Å². The normalized spacial score (nSPS) is 12.1. The van der Waals surface area contributed by atoms with Crippen LogP contribution in [0.4, 0.5) is 11.4 Å². The number of carbonyl (C=O) groups excluding carboxylic acids is 2. The number of nitrogens with zero attached hydrogens (tertiary/aromatic N) is 1. The fourth-order valence-corrected chi connectivity index (χ4v) is 3.71. The van der Waals surface area contributed by atoms with E-state index in [2.05, 4.69) is 5.32 Å². The Bertz CT molecular complexity index is 895. The first-order valence-corrected chi connectivity index (χ1v) is 10.2. The highest BCUT2D eigenvalue weighted by Crippen LogP contribution is 2.21. The number of ether oxygens (including phenoxy) is 1. The van der Waals surface area contributed by atoms with Gasteiger partial charge in [0.25, 0.3) is 0 Å². The first-order valence-electron chi connectivity index (χ1n) is 8.36. The molecule has 0 unspecified atom stereocenters. The number of rotatable bonds is 7. The first kappa shape index (κ1) is 20.4. The number of anilines is 2. The summed E-state index contributed by atoms with van der Waals surface area (Å²) in [4.78, 5) is 24.2. The lowest BCUT2D eigenvalue weighted by Gasteiger charge is -2.28. The number of benzene rings is 2. The minimum atomic E-state index is -3.67. The van der Waals surface area contributed by atoms with Crippen molar-refractivity contribution in [3.8, 4) is 0 Å². The van der Waals surface area contributed by atoms with Gasteiger partial charge >= 0.3 is 5.97 Å². The fourth-order valence-electron chi connectivity index (χ4n) is 2.53. The smallest absolute Gasteiger partial charge is 0.338 e. The lowest BCUT2D eigenvalue weighted by molar-refractivity contribution is -0.116. The van der Waals surface area contributed by atoms with Crippen LogP contribution in [-0.2, 0) is 19.6 Å². The predicted octanol–water partition coefficient (Wildman–Crippen LogP) is 2.66. The molecule has 27 heavy (non-hydrogen) atoms. The van der Waals surface area contributed by atoms with Crippen molar-refractivity contribution in [3.05, 3.63) is 60.2 Å². The van der Waals surface area contributed by atoms with Crippen molar-refractivity contribution in [2.45, 2.75) is 19.9 Å². The van der Waals surface area contributed by atoms with Gasteiger partial charge in [-0.05, 0) is 50.2 Å². The van der Waals surface area contributed by atoms with Gasteiger partial charge in [0, 0.05) is 5.69 Å². The molecule has 7 nitrogen and oxygen atoms in total. The molecule has 0 spiro atoms. The zero-order chi connectivity index (χ0) is 20.0. The van der Waals surface area contributed by atoms with Gasteiger partial charge in [-0.3, -0.25) is 9.10 Å². The van der Waals surface area contributed by atoms with Gasteiger partial charge in [0.2, 0.25) is 15.9 Å². The molecule has 0 saturated carbocycles. The summed E-state index contributed by atoms with van der Waals surface area (Å²) in [6.45, 7) is 3.50. The van der Waals surface area contributed by atoms with E-state index in [1.54, 1.807) is 49.4 Å². The monoisotopic (exact) mass is 390 g/mol. The van der Waals surface area contributed by atoms with Crippen LogP contribution < -0.4 is 9.62 Å². The molecule has 8 heteroatoms. The maximum absolute atomic E-state index is 12.6. The number of para-hydroxylation sites is 1. The first-order chi connectivity index (χ1) is 12.7. The molecule has 0 heterocycles. The zero-order valence-electron chi connectivity index (χ0n) is 15.4. The van der Waals surface area contributed by atoms with Crippen molar-refractivity contribution in [1.29, 1.82) is 0 Å². The third kappa shape index (κ3) is 5.30. The molecule has 1 N–H and O–H groups in total. The van der Waals surface area contributed by atoms with Gasteiger partial charge in [0.15, 0.2) is 0 Å². The van der Waals surface area contributed by atoms with Crippen molar-refractivity contribution in [2.75, 3.05) is 22.5 Å². The number of sulfonamides is 1. The van der Waals surface area contributed by atoms with Crippen LogP contribution in [0, 0.1) is 0 Å². The summed E-state index contributed by atoms with van der Waals surface area (Å²) in [7, 11) is -3.67. The summed E-state index contributed by atoms with van der Waals surface area (Å²) in [5.41, 5.74) is 1.21. The second kappa shape index (κ2) is 8.68. The van der Waals surface area contributed by atoms with Crippen molar-refractivity contribution in [1.82, 2.24) is 0 Å². The van der Waals surface area contributed by atoms with Crippen molar-refractivity contribution in [3.63, 3.8) is 0 Å². The van der Waals surface area contributed by atoms with Crippen LogP contribution >= 0.6 is 0 Å². The van der Waals surface area contributed by atoms with Crippen LogP contribution in [0.1, 0.15) is 24.2 Å². The lowest BCUT2D eigenvalue weighted by Crippen LogP contribution is -2.45. The molecule has 0 radical (unpaired) electrons. The van der Waals surface area contributed by atoms with E-state index in [-0.39, 0.29) is 6.61 Å². The highest BCUT2D eigenvalue weighted by Gasteiger charge is 2.29. The van der Waals surface area contributed by atoms with E-state index >= 15 is 0 Å². The lowest BCUT2D eigenvalue weighted by atomic mass is 10.2. The number of esters is 1. The van der Waals surface area contributed by atoms with Gasteiger partial charge in [-0.15, -0.1) is 0 Å². The Balaban J connectivity index is 2.17. The summed E-state index contributed by atoms with van der Waals surface area (Å²) >= 11 is 0. The van der Waals surface area contributed by atoms with Gasteiger partial charge in [-0.2, -0.15) is 0 Å². The molecule has 0 aliphatic heterocycles. The van der Waals surface area contributed by atoms with E-state index in [1.807, 2.05) is 0 Å². The molecule has 1 atom stereocenters.